The van der Waals surface area contributed by atoms with E-state index in [1.165, 1.54) is 35.6 Å². The molecule has 1 aromatic heterocycles. The van der Waals surface area contributed by atoms with Crippen LogP contribution in [-0.4, -0.2) is 19.5 Å². The minimum absolute atomic E-state index is 0.0110. The van der Waals surface area contributed by atoms with Crippen LogP contribution in [0.4, 0.5) is 0 Å². The van der Waals surface area contributed by atoms with E-state index in [9.17, 15) is 13.2 Å². The minimum Gasteiger partial charge on any atom is -0.478 e. The molecule has 0 aliphatic heterocycles. The number of sulfone groups is 1. The number of aryl methyl sites for hydroxylation is 1. The second kappa shape index (κ2) is 5.14. The highest BCUT2D eigenvalue weighted by atomic mass is 32.2. The quantitative estimate of drug-likeness (QED) is 0.941. The Labute approximate surface area is 115 Å². The fourth-order valence-electron chi connectivity index (χ4n) is 1.61. The smallest absolute Gasteiger partial charge is 0.335 e. The number of hydrogen-bond donors (Lipinski definition) is 1. The molecular weight excluding hydrogens is 284 g/mol. The van der Waals surface area contributed by atoms with Gasteiger partial charge in [-0.25, -0.2) is 13.2 Å². The van der Waals surface area contributed by atoms with Gasteiger partial charge in [0.05, 0.1) is 10.5 Å². The molecule has 0 aliphatic carbocycles. The molecule has 0 unspecified atom stereocenters. The molecule has 6 heteroatoms. The van der Waals surface area contributed by atoms with E-state index in [4.69, 9.17) is 5.11 Å². The number of hydrogen-bond acceptors (Lipinski definition) is 4. The second-order valence-corrected chi connectivity index (χ2v) is 7.26. The number of carboxylic acid groups (broad SMARTS) is 1. The van der Waals surface area contributed by atoms with Crippen molar-refractivity contribution in [2.75, 3.05) is 0 Å². The van der Waals surface area contributed by atoms with Gasteiger partial charge >= 0.3 is 5.97 Å². The lowest BCUT2D eigenvalue weighted by molar-refractivity contribution is 0.0696. The molecule has 2 rings (SSSR count). The lowest BCUT2D eigenvalue weighted by Crippen LogP contribution is -2.03. The van der Waals surface area contributed by atoms with Crippen LogP contribution in [-0.2, 0) is 16.3 Å². The molecule has 1 heterocycles. The topological polar surface area (TPSA) is 71.4 Å². The number of rotatable bonds is 4. The fraction of sp³-hybridized carbons (Fsp3) is 0.154. The van der Waals surface area contributed by atoms with E-state index in [0.717, 1.165) is 11.3 Å². The van der Waals surface area contributed by atoms with Crippen LogP contribution in [0.1, 0.15) is 22.2 Å². The summed E-state index contributed by atoms with van der Waals surface area (Å²) in [6, 6.07) is 8.74. The van der Waals surface area contributed by atoms with Gasteiger partial charge in [0.25, 0.3) is 0 Å². The van der Waals surface area contributed by atoms with Crippen LogP contribution in [0.3, 0.4) is 0 Å². The molecule has 0 fully saturated rings. The van der Waals surface area contributed by atoms with Gasteiger partial charge in [0.2, 0.25) is 9.84 Å². The second-order valence-electron chi connectivity index (χ2n) is 3.91. The van der Waals surface area contributed by atoms with E-state index in [1.807, 2.05) is 6.92 Å². The minimum atomic E-state index is -3.63. The van der Waals surface area contributed by atoms with E-state index in [-0.39, 0.29) is 14.7 Å². The Morgan fingerprint density at radius 3 is 2.58 bits per heavy atom. The summed E-state index contributed by atoms with van der Waals surface area (Å²) in [6.07, 6.45) is 0.773. The first-order valence-electron chi connectivity index (χ1n) is 5.62. The zero-order chi connectivity index (χ0) is 14.0. The van der Waals surface area contributed by atoms with Crippen molar-refractivity contribution < 1.29 is 18.3 Å². The zero-order valence-electron chi connectivity index (χ0n) is 10.2. The first-order valence-corrected chi connectivity index (χ1v) is 7.92. The number of carboxylic acids is 1. The average Bonchev–Trinajstić information content (AvgIpc) is 2.88. The number of thiophene rings is 1. The summed E-state index contributed by atoms with van der Waals surface area (Å²) in [5.41, 5.74) is -0.0339. The molecule has 100 valence electrons. The molecule has 0 saturated heterocycles. The number of carbonyl (C=O) groups is 1. The van der Waals surface area contributed by atoms with Crippen molar-refractivity contribution in [2.24, 2.45) is 0 Å². The van der Waals surface area contributed by atoms with E-state index in [1.54, 1.807) is 12.1 Å². The van der Waals surface area contributed by atoms with Crippen LogP contribution >= 0.6 is 11.3 Å². The third-order valence-corrected chi connectivity index (χ3v) is 6.11. The third-order valence-electron chi connectivity index (χ3n) is 2.64. The summed E-state index contributed by atoms with van der Waals surface area (Å²) in [4.78, 5) is 11.9. The largest absolute Gasteiger partial charge is 0.478 e. The summed E-state index contributed by atoms with van der Waals surface area (Å²) >= 11 is 1.21. The molecule has 1 aromatic carbocycles. The lowest BCUT2D eigenvalue weighted by atomic mass is 10.2. The Balaban J connectivity index is 2.50. The molecule has 1 N–H and O–H groups in total. The maximum Gasteiger partial charge on any atom is 0.335 e. The molecule has 0 amide bonds. The van der Waals surface area contributed by atoms with Gasteiger partial charge in [0, 0.05) is 4.88 Å². The number of aromatic carboxylic acids is 1. The Bertz CT molecular complexity index is 714. The molecule has 0 radical (unpaired) electrons. The molecule has 2 aromatic rings. The van der Waals surface area contributed by atoms with Gasteiger partial charge in [-0.1, -0.05) is 13.0 Å². The highest BCUT2D eigenvalue weighted by Crippen LogP contribution is 2.28. The Kier molecular flexibility index (Phi) is 3.73. The van der Waals surface area contributed by atoms with Crippen LogP contribution < -0.4 is 0 Å². The molecule has 0 atom stereocenters. The highest BCUT2D eigenvalue weighted by molar-refractivity contribution is 7.93. The lowest BCUT2D eigenvalue weighted by Gasteiger charge is -2.02. The standard InChI is InChI=1S/C13H12O4S2/c1-2-10-6-7-12(18-10)19(16,17)11-5-3-4-9(8-11)13(14)15/h3-8H,2H2,1H3,(H,14,15). The maximum atomic E-state index is 12.4. The molecule has 0 aliphatic rings. The Morgan fingerprint density at radius 1 is 1.26 bits per heavy atom. The predicted octanol–water partition coefficient (Wildman–Crippen LogP) is 2.84. The van der Waals surface area contributed by atoms with Crippen LogP contribution in [0.2, 0.25) is 0 Å². The monoisotopic (exact) mass is 296 g/mol. The molecule has 4 nitrogen and oxygen atoms in total. The summed E-state index contributed by atoms with van der Waals surface area (Å²) in [5, 5.41) is 8.90. The first-order chi connectivity index (χ1) is 8.95. The van der Waals surface area contributed by atoms with Gasteiger partial charge in [-0.05, 0) is 36.8 Å². The van der Waals surface area contributed by atoms with Crippen molar-refractivity contribution in [2.45, 2.75) is 22.4 Å². The van der Waals surface area contributed by atoms with Gasteiger partial charge in [-0.2, -0.15) is 0 Å². The summed E-state index contributed by atoms with van der Waals surface area (Å²) < 4.78 is 25.0. The van der Waals surface area contributed by atoms with Crippen molar-refractivity contribution in [3.05, 3.63) is 46.8 Å². The summed E-state index contributed by atoms with van der Waals surface area (Å²) in [6.45, 7) is 1.95. The summed E-state index contributed by atoms with van der Waals surface area (Å²) in [7, 11) is -3.63. The fourth-order valence-corrected chi connectivity index (χ4v) is 4.35. The molecule has 0 spiro atoms. The summed E-state index contributed by atoms with van der Waals surface area (Å²) in [5.74, 6) is -1.14. The molecule has 0 saturated carbocycles. The van der Waals surface area contributed by atoms with E-state index in [0.29, 0.717) is 0 Å². The van der Waals surface area contributed by atoms with Crippen LogP contribution in [0, 0.1) is 0 Å². The predicted molar refractivity (Wildman–Crippen MR) is 72.6 cm³/mol. The van der Waals surface area contributed by atoms with Crippen molar-refractivity contribution in [3.8, 4) is 0 Å². The first kappa shape index (κ1) is 13.8. The SMILES string of the molecule is CCc1ccc(S(=O)(=O)c2cccc(C(=O)O)c2)s1. The van der Waals surface area contributed by atoms with Gasteiger partial charge in [0.15, 0.2) is 0 Å². The van der Waals surface area contributed by atoms with Gasteiger partial charge in [0.1, 0.15) is 4.21 Å². The van der Waals surface area contributed by atoms with Crippen LogP contribution in [0.5, 0.6) is 0 Å². The van der Waals surface area contributed by atoms with Crippen LogP contribution in [0.15, 0.2) is 45.5 Å². The van der Waals surface area contributed by atoms with Gasteiger partial charge in [-0.15, -0.1) is 11.3 Å². The van der Waals surface area contributed by atoms with Crippen molar-refractivity contribution in [3.63, 3.8) is 0 Å². The average molecular weight is 296 g/mol. The third kappa shape index (κ3) is 2.69. The molecule has 19 heavy (non-hydrogen) atoms. The normalized spacial score (nSPS) is 11.4. The van der Waals surface area contributed by atoms with Crippen molar-refractivity contribution >= 4 is 27.1 Å². The highest BCUT2D eigenvalue weighted by Gasteiger charge is 2.20. The van der Waals surface area contributed by atoms with Crippen molar-refractivity contribution in [1.82, 2.24) is 0 Å². The van der Waals surface area contributed by atoms with Crippen molar-refractivity contribution in [1.29, 1.82) is 0 Å². The van der Waals surface area contributed by atoms with E-state index in [2.05, 4.69) is 0 Å². The number of benzene rings is 1. The molecular formula is C13H12O4S2. The zero-order valence-corrected chi connectivity index (χ0v) is 11.8. The van der Waals surface area contributed by atoms with E-state index >= 15 is 0 Å². The van der Waals surface area contributed by atoms with Crippen LogP contribution in [0.25, 0.3) is 0 Å². The van der Waals surface area contributed by atoms with Gasteiger partial charge < -0.3 is 5.11 Å². The Hall–Kier alpha value is -1.66. The van der Waals surface area contributed by atoms with E-state index < -0.39 is 15.8 Å². The Morgan fingerprint density at radius 2 is 2.00 bits per heavy atom. The molecule has 0 bridgehead atoms. The van der Waals surface area contributed by atoms with Gasteiger partial charge in [-0.3, -0.25) is 0 Å². The maximum absolute atomic E-state index is 12.4.